The SMILES string of the molecule is CC1CCN(C[C@@H]2OC[C@H](NC(=O)C3CC3)[C@H]2O)CC1. The van der Waals surface area contributed by atoms with Gasteiger partial charge < -0.3 is 20.1 Å². The van der Waals surface area contributed by atoms with Gasteiger partial charge in [0.05, 0.1) is 18.8 Å². The van der Waals surface area contributed by atoms with E-state index in [1.807, 2.05) is 0 Å². The number of nitrogens with zero attached hydrogens (tertiary/aromatic N) is 1. The summed E-state index contributed by atoms with van der Waals surface area (Å²) in [5, 5.41) is 13.2. The summed E-state index contributed by atoms with van der Waals surface area (Å²) in [5.74, 6) is 1.08. The minimum Gasteiger partial charge on any atom is -0.388 e. The molecule has 3 rings (SSSR count). The zero-order chi connectivity index (χ0) is 14.1. The summed E-state index contributed by atoms with van der Waals surface area (Å²) in [6.07, 6.45) is 3.70. The molecule has 1 aliphatic carbocycles. The molecule has 0 bridgehead atoms. The van der Waals surface area contributed by atoms with Crippen molar-refractivity contribution in [1.29, 1.82) is 0 Å². The van der Waals surface area contributed by atoms with Crippen LogP contribution in [0.25, 0.3) is 0 Å². The number of aliphatic hydroxyl groups is 1. The van der Waals surface area contributed by atoms with Crippen LogP contribution in [0, 0.1) is 11.8 Å². The molecule has 1 amide bonds. The molecule has 5 nitrogen and oxygen atoms in total. The number of amides is 1. The highest BCUT2D eigenvalue weighted by molar-refractivity contribution is 5.81. The molecule has 2 N–H and O–H groups in total. The summed E-state index contributed by atoms with van der Waals surface area (Å²) in [6, 6.07) is -0.225. The van der Waals surface area contributed by atoms with Gasteiger partial charge in [-0.05, 0) is 44.7 Å². The normalized spacial score (nSPS) is 36.2. The van der Waals surface area contributed by atoms with Gasteiger partial charge in [0.25, 0.3) is 0 Å². The number of hydrogen-bond donors (Lipinski definition) is 2. The largest absolute Gasteiger partial charge is 0.388 e. The van der Waals surface area contributed by atoms with E-state index in [-0.39, 0.29) is 24.0 Å². The third-order valence-corrected chi connectivity index (χ3v) is 4.87. The molecule has 114 valence electrons. The third kappa shape index (κ3) is 3.32. The molecule has 5 heteroatoms. The van der Waals surface area contributed by atoms with Gasteiger partial charge in [-0.2, -0.15) is 0 Å². The maximum atomic E-state index is 11.8. The van der Waals surface area contributed by atoms with Crippen molar-refractivity contribution in [1.82, 2.24) is 10.2 Å². The van der Waals surface area contributed by atoms with E-state index in [0.29, 0.717) is 6.61 Å². The topological polar surface area (TPSA) is 61.8 Å². The van der Waals surface area contributed by atoms with Gasteiger partial charge in [0.1, 0.15) is 6.10 Å². The molecule has 3 fully saturated rings. The number of piperidine rings is 1. The average Bonchev–Trinajstić information content (AvgIpc) is 3.23. The van der Waals surface area contributed by atoms with Gasteiger partial charge in [-0.1, -0.05) is 6.92 Å². The van der Waals surface area contributed by atoms with Crippen LogP contribution in [0.1, 0.15) is 32.6 Å². The van der Waals surface area contributed by atoms with Gasteiger partial charge >= 0.3 is 0 Å². The molecule has 2 heterocycles. The lowest BCUT2D eigenvalue weighted by molar-refractivity contribution is -0.123. The number of rotatable bonds is 4. The lowest BCUT2D eigenvalue weighted by Crippen LogP contribution is -2.48. The van der Waals surface area contributed by atoms with E-state index in [0.717, 1.165) is 38.4 Å². The predicted molar refractivity (Wildman–Crippen MR) is 75.2 cm³/mol. The Bertz CT molecular complexity index is 351. The van der Waals surface area contributed by atoms with Crippen LogP contribution in [-0.2, 0) is 9.53 Å². The molecular formula is C15H26N2O3. The lowest BCUT2D eigenvalue weighted by Gasteiger charge is -2.32. The van der Waals surface area contributed by atoms with Crippen molar-refractivity contribution >= 4 is 5.91 Å². The number of aliphatic hydroxyl groups excluding tert-OH is 1. The van der Waals surface area contributed by atoms with Crippen molar-refractivity contribution in [2.75, 3.05) is 26.2 Å². The van der Waals surface area contributed by atoms with Gasteiger partial charge in [0, 0.05) is 12.5 Å². The predicted octanol–water partition coefficient (Wildman–Crippen LogP) is 0.373. The molecule has 0 radical (unpaired) electrons. The molecule has 0 aromatic carbocycles. The van der Waals surface area contributed by atoms with E-state index < -0.39 is 6.10 Å². The van der Waals surface area contributed by atoms with Crippen LogP contribution in [0.4, 0.5) is 0 Å². The Morgan fingerprint density at radius 2 is 2.00 bits per heavy atom. The zero-order valence-electron chi connectivity index (χ0n) is 12.3. The summed E-state index contributed by atoms with van der Waals surface area (Å²) in [4.78, 5) is 14.1. The Morgan fingerprint density at radius 1 is 1.30 bits per heavy atom. The Labute approximate surface area is 120 Å². The maximum absolute atomic E-state index is 11.8. The molecule has 20 heavy (non-hydrogen) atoms. The Kier molecular flexibility index (Phi) is 4.29. The number of carbonyl (C=O) groups is 1. The lowest BCUT2D eigenvalue weighted by atomic mass is 9.98. The highest BCUT2D eigenvalue weighted by Gasteiger charge is 2.40. The molecule has 1 saturated carbocycles. The van der Waals surface area contributed by atoms with Gasteiger partial charge in [0.2, 0.25) is 5.91 Å². The second kappa shape index (κ2) is 6.00. The van der Waals surface area contributed by atoms with Crippen molar-refractivity contribution in [2.24, 2.45) is 11.8 Å². The summed E-state index contributed by atoms with van der Waals surface area (Å²) in [6.45, 7) is 5.69. The molecule has 0 unspecified atom stereocenters. The fraction of sp³-hybridized carbons (Fsp3) is 0.933. The van der Waals surface area contributed by atoms with Crippen molar-refractivity contribution in [2.45, 2.75) is 50.9 Å². The summed E-state index contributed by atoms with van der Waals surface area (Å²) < 4.78 is 5.70. The Hall–Kier alpha value is -0.650. The van der Waals surface area contributed by atoms with Crippen LogP contribution >= 0.6 is 0 Å². The van der Waals surface area contributed by atoms with Crippen molar-refractivity contribution in [3.8, 4) is 0 Å². The Morgan fingerprint density at radius 3 is 2.65 bits per heavy atom. The summed E-state index contributed by atoms with van der Waals surface area (Å²) >= 11 is 0. The van der Waals surface area contributed by atoms with Gasteiger partial charge in [-0.3, -0.25) is 4.79 Å². The monoisotopic (exact) mass is 282 g/mol. The van der Waals surface area contributed by atoms with E-state index >= 15 is 0 Å². The molecule has 0 spiro atoms. The van der Waals surface area contributed by atoms with E-state index in [1.165, 1.54) is 12.8 Å². The molecule has 0 aromatic rings. The maximum Gasteiger partial charge on any atom is 0.223 e. The minimum absolute atomic E-state index is 0.0881. The average molecular weight is 282 g/mol. The number of likely N-dealkylation sites (tertiary alicyclic amines) is 1. The fourth-order valence-corrected chi connectivity index (χ4v) is 3.12. The first-order chi connectivity index (χ1) is 9.63. The van der Waals surface area contributed by atoms with Gasteiger partial charge in [-0.15, -0.1) is 0 Å². The first-order valence-corrected chi connectivity index (χ1v) is 7.96. The van der Waals surface area contributed by atoms with E-state index in [9.17, 15) is 9.90 Å². The number of hydrogen-bond acceptors (Lipinski definition) is 4. The van der Waals surface area contributed by atoms with Crippen LogP contribution in [0.3, 0.4) is 0 Å². The van der Waals surface area contributed by atoms with Crippen LogP contribution < -0.4 is 5.32 Å². The zero-order valence-corrected chi connectivity index (χ0v) is 12.3. The van der Waals surface area contributed by atoms with Crippen LogP contribution in [0.2, 0.25) is 0 Å². The van der Waals surface area contributed by atoms with Crippen molar-refractivity contribution < 1.29 is 14.6 Å². The number of ether oxygens (including phenoxy) is 1. The molecule has 3 aliphatic rings. The quantitative estimate of drug-likeness (QED) is 0.782. The number of carbonyl (C=O) groups excluding carboxylic acids is 1. The first-order valence-electron chi connectivity index (χ1n) is 7.96. The molecule has 0 aromatic heterocycles. The van der Waals surface area contributed by atoms with E-state index in [1.54, 1.807) is 0 Å². The van der Waals surface area contributed by atoms with Crippen molar-refractivity contribution in [3.63, 3.8) is 0 Å². The van der Waals surface area contributed by atoms with Crippen molar-refractivity contribution in [3.05, 3.63) is 0 Å². The smallest absolute Gasteiger partial charge is 0.223 e. The molecule has 3 atom stereocenters. The van der Waals surface area contributed by atoms with Gasteiger partial charge in [0.15, 0.2) is 0 Å². The second-order valence-corrected chi connectivity index (χ2v) is 6.73. The minimum atomic E-state index is -0.572. The van der Waals surface area contributed by atoms with Gasteiger partial charge in [-0.25, -0.2) is 0 Å². The van der Waals surface area contributed by atoms with E-state index in [4.69, 9.17) is 4.74 Å². The van der Waals surface area contributed by atoms with Crippen LogP contribution in [-0.4, -0.2) is 60.4 Å². The summed E-state index contributed by atoms with van der Waals surface area (Å²) in [5.41, 5.74) is 0. The highest BCUT2D eigenvalue weighted by Crippen LogP contribution is 2.29. The van der Waals surface area contributed by atoms with E-state index in [2.05, 4.69) is 17.1 Å². The molecule has 2 aliphatic heterocycles. The standard InChI is InChI=1S/C15H26N2O3/c1-10-4-6-17(7-5-10)8-13-14(18)12(9-20-13)16-15(19)11-2-3-11/h10-14,18H,2-9H2,1H3,(H,16,19)/t12-,13-,14+/m0/s1. The summed E-state index contributed by atoms with van der Waals surface area (Å²) in [7, 11) is 0. The highest BCUT2D eigenvalue weighted by atomic mass is 16.5. The number of nitrogens with one attached hydrogen (secondary N) is 1. The fourth-order valence-electron chi connectivity index (χ4n) is 3.12. The molecule has 2 saturated heterocycles. The second-order valence-electron chi connectivity index (χ2n) is 6.73. The first kappa shape index (κ1) is 14.3. The Balaban J connectivity index is 1.45. The molecular weight excluding hydrogens is 256 g/mol. The van der Waals surface area contributed by atoms with Crippen LogP contribution in [0.15, 0.2) is 0 Å². The van der Waals surface area contributed by atoms with Crippen LogP contribution in [0.5, 0.6) is 0 Å². The third-order valence-electron chi connectivity index (χ3n) is 4.87.